The molecule has 4 nitrogen and oxygen atoms in total. The van der Waals surface area contributed by atoms with Crippen molar-refractivity contribution in [1.82, 2.24) is 0 Å². The Morgan fingerprint density at radius 3 is 2.55 bits per heavy atom. The number of epoxide rings is 1. The molecule has 2 atom stereocenters. The van der Waals surface area contributed by atoms with Crippen molar-refractivity contribution in [3.63, 3.8) is 0 Å². The van der Waals surface area contributed by atoms with Gasteiger partial charge in [0.05, 0.1) is 0 Å². The van der Waals surface area contributed by atoms with Crippen LogP contribution in [0, 0.1) is 0 Å². The number of para-hydroxylation sites is 1. The Kier molecular flexibility index (Phi) is 2.15. The molecule has 0 unspecified atom stereocenters. The third kappa shape index (κ3) is 1.34. The molecule has 20 heavy (non-hydrogen) atoms. The first kappa shape index (κ1) is 11.4. The predicted molar refractivity (Wildman–Crippen MR) is 72.4 cm³/mol. The average Bonchev–Trinajstić information content (AvgIpc) is 3.18. The summed E-state index contributed by atoms with van der Waals surface area (Å²) in [4.78, 5) is 24.6. The van der Waals surface area contributed by atoms with Crippen LogP contribution in [0.4, 0.5) is 5.69 Å². The van der Waals surface area contributed by atoms with E-state index < -0.39 is 11.7 Å². The van der Waals surface area contributed by atoms with Gasteiger partial charge in [-0.1, -0.05) is 48.5 Å². The van der Waals surface area contributed by atoms with E-state index in [0.29, 0.717) is 5.56 Å². The number of ether oxygens (including phenoxy) is 1. The highest BCUT2D eigenvalue weighted by Crippen LogP contribution is 2.54. The number of carbonyl (C=O) groups is 2. The van der Waals surface area contributed by atoms with Crippen molar-refractivity contribution >= 4 is 17.4 Å². The molecule has 98 valence electrons. The summed E-state index contributed by atoms with van der Waals surface area (Å²) < 4.78 is 5.56. The Hall–Kier alpha value is -2.46. The highest BCUT2D eigenvalue weighted by molar-refractivity contribution is 6.15. The largest absolute Gasteiger partial charge is 0.342 e. The lowest BCUT2D eigenvalue weighted by atomic mass is 9.92. The third-order valence-electron chi connectivity index (χ3n) is 3.82. The number of nitrogens with one attached hydrogen (secondary N) is 1. The number of ketones is 1. The number of Topliss-reactive ketones (excluding diaryl/α,β-unsaturated/α-hetero) is 1. The summed E-state index contributed by atoms with van der Waals surface area (Å²) >= 11 is 0. The minimum absolute atomic E-state index is 0.155. The fourth-order valence-electron chi connectivity index (χ4n) is 2.77. The maximum absolute atomic E-state index is 12.4. The molecular weight excluding hydrogens is 254 g/mol. The van der Waals surface area contributed by atoms with Crippen molar-refractivity contribution in [2.45, 2.75) is 11.7 Å². The molecule has 2 heterocycles. The highest BCUT2D eigenvalue weighted by Gasteiger charge is 2.70. The van der Waals surface area contributed by atoms with Gasteiger partial charge in [-0.25, -0.2) is 0 Å². The number of carbonyl (C=O) groups excluding carboxylic acids is 2. The summed E-state index contributed by atoms with van der Waals surface area (Å²) in [5.74, 6) is -0.412. The maximum Gasteiger partial charge on any atom is 0.264 e. The minimum atomic E-state index is -1.12. The lowest BCUT2D eigenvalue weighted by Gasteiger charge is -2.02. The second-order valence-electron chi connectivity index (χ2n) is 4.96. The first-order valence-corrected chi connectivity index (χ1v) is 6.41. The van der Waals surface area contributed by atoms with Gasteiger partial charge >= 0.3 is 0 Å². The molecule has 1 N–H and O–H groups in total. The molecule has 0 aliphatic carbocycles. The molecule has 2 aliphatic rings. The molecule has 1 fully saturated rings. The zero-order valence-electron chi connectivity index (χ0n) is 10.5. The SMILES string of the molecule is O=C(c1ccccc1)[C@@H]1O[C@@]12C(=O)Nc1ccccc12. The van der Waals surface area contributed by atoms with Crippen molar-refractivity contribution in [2.75, 3.05) is 5.32 Å². The summed E-state index contributed by atoms with van der Waals surface area (Å²) in [5.41, 5.74) is 0.912. The summed E-state index contributed by atoms with van der Waals surface area (Å²) in [7, 11) is 0. The number of hydrogen-bond donors (Lipinski definition) is 1. The molecule has 1 spiro atoms. The lowest BCUT2D eigenvalue weighted by Crippen LogP contribution is -2.27. The molecule has 0 bridgehead atoms. The van der Waals surface area contributed by atoms with E-state index >= 15 is 0 Å². The van der Waals surface area contributed by atoms with Crippen LogP contribution >= 0.6 is 0 Å². The van der Waals surface area contributed by atoms with Crippen LogP contribution in [-0.4, -0.2) is 17.8 Å². The minimum Gasteiger partial charge on any atom is -0.342 e. The van der Waals surface area contributed by atoms with E-state index in [2.05, 4.69) is 5.32 Å². The Labute approximate surface area is 115 Å². The second kappa shape index (κ2) is 3.77. The number of benzene rings is 2. The van der Waals surface area contributed by atoms with Gasteiger partial charge in [-0.2, -0.15) is 0 Å². The first-order chi connectivity index (χ1) is 9.73. The van der Waals surface area contributed by atoms with Gasteiger partial charge in [0.15, 0.2) is 11.9 Å². The Morgan fingerprint density at radius 1 is 1.05 bits per heavy atom. The van der Waals surface area contributed by atoms with Crippen molar-refractivity contribution in [2.24, 2.45) is 0 Å². The Balaban J connectivity index is 1.73. The Bertz CT molecular complexity index is 726. The third-order valence-corrected chi connectivity index (χ3v) is 3.82. The number of rotatable bonds is 2. The zero-order valence-corrected chi connectivity index (χ0v) is 10.5. The van der Waals surface area contributed by atoms with Crippen LogP contribution in [0.2, 0.25) is 0 Å². The molecule has 1 saturated heterocycles. The van der Waals surface area contributed by atoms with Crippen molar-refractivity contribution in [3.05, 3.63) is 65.7 Å². The van der Waals surface area contributed by atoms with E-state index in [9.17, 15) is 9.59 Å². The van der Waals surface area contributed by atoms with E-state index in [0.717, 1.165) is 11.3 Å². The molecule has 0 saturated carbocycles. The van der Waals surface area contributed by atoms with Gasteiger partial charge in [-0.15, -0.1) is 0 Å². The van der Waals surface area contributed by atoms with E-state index in [1.165, 1.54) is 0 Å². The predicted octanol–water partition coefficient (Wildman–Crippen LogP) is 2.12. The van der Waals surface area contributed by atoms with Crippen molar-refractivity contribution in [1.29, 1.82) is 0 Å². The summed E-state index contributed by atoms with van der Waals surface area (Å²) in [6, 6.07) is 16.2. The molecule has 0 radical (unpaired) electrons. The van der Waals surface area contributed by atoms with Crippen LogP contribution in [-0.2, 0) is 15.1 Å². The zero-order chi connectivity index (χ0) is 13.7. The molecule has 2 aliphatic heterocycles. The molecule has 1 amide bonds. The molecule has 4 rings (SSSR count). The van der Waals surface area contributed by atoms with E-state index in [-0.39, 0.29) is 11.7 Å². The Morgan fingerprint density at radius 2 is 1.75 bits per heavy atom. The number of amides is 1. The summed E-state index contributed by atoms with van der Waals surface area (Å²) in [6.07, 6.45) is -0.728. The van der Waals surface area contributed by atoms with Crippen LogP contribution < -0.4 is 5.32 Å². The number of fused-ring (bicyclic) bond motifs is 2. The van der Waals surface area contributed by atoms with Gasteiger partial charge in [0.1, 0.15) is 0 Å². The second-order valence-corrected chi connectivity index (χ2v) is 4.96. The monoisotopic (exact) mass is 265 g/mol. The van der Waals surface area contributed by atoms with Gasteiger partial charge in [0.25, 0.3) is 5.91 Å². The van der Waals surface area contributed by atoms with E-state index in [1.807, 2.05) is 30.3 Å². The summed E-state index contributed by atoms with van der Waals surface area (Å²) in [5, 5.41) is 2.77. The van der Waals surface area contributed by atoms with Crippen LogP contribution in [0.15, 0.2) is 54.6 Å². The van der Waals surface area contributed by atoms with Gasteiger partial charge in [-0.3, -0.25) is 9.59 Å². The van der Waals surface area contributed by atoms with E-state index in [1.54, 1.807) is 24.3 Å². The first-order valence-electron chi connectivity index (χ1n) is 6.41. The van der Waals surface area contributed by atoms with E-state index in [4.69, 9.17) is 4.74 Å². The molecule has 4 heteroatoms. The lowest BCUT2D eigenvalue weighted by molar-refractivity contribution is -0.120. The molecule has 2 aromatic carbocycles. The van der Waals surface area contributed by atoms with Gasteiger partial charge in [0, 0.05) is 16.8 Å². The van der Waals surface area contributed by atoms with Crippen LogP contribution in [0.3, 0.4) is 0 Å². The fraction of sp³-hybridized carbons (Fsp3) is 0.125. The van der Waals surface area contributed by atoms with Gasteiger partial charge in [-0.05, 0) is 6.07 Å². The van der Waals surface area contributed by atoms with Crippen LogP contribution in [0.1, 0.15) is 15.9 Å². The topological polar surface area (TPSA) is 58.7 Å². The van der Waals surface area contributed by atoms with Crippen molar-refractivity contribution < 1.29 is 14.3 Å². The maximum atomic E-state index is 12.4. The summed E-state index contributed by atoms with van der Waals surface area (Å²) in [6.45, 7) is 0. The molecular formula is C16H11NO3. The standard InChI is InChI=1S/C16H11NO3/c18-13(10-6-2-1-3-7-10)14-16(20-14)11-8-4-5-9-12(11)17-15(16)19/h1-9,14H,(H,17,19)/t14-,16+/m0/s1. The number of anilines is 1. The average molecular weight is 265 g/mol. The van der Waals surface area contributed by atoms with Gasteiger partial charge in [0.2, 0.25) is 5.60 Å². The van der Waals surface area contributed by atoms with Crippen LogP contribution in [0.5, 0.6) is 0 Å². The molecule has 2 aromatic rings. The fourth-order valence-corrected chi connectivity index (χ4v) is 2.77. The van der Waals surface area contributed by atoms with Crippen molar-refractivity contribution in [3.8, 4) is 0 Å². The van der Waals surface area contributed by atoms with Crippen LogP contribution in [0.25, 0.3) is 0 Å². The number of hydrogen-bond acceptors (Lipinski definition) is 3. The quantitative estimate of drug-likeness (QED) is 0.668. The highest BCUT2D eigenvalue weighted by atomic mass is 16.6. The normalized spacial score (nSPS) is 26.2. The van der Waals surface area contributed by atoms with Gasteiger partial charge < -0.3 is 10.1 Å². The smallest absolute Gasteiger partial charge is 0.264 e. The molecule has 0 aromatic heterocycles.